The minimum absolute atomic E-state index is 0.0790. The number of furan rings is 1. The van der Waals surface area contributed by atoms with E-state index in [0.717, 1.165) is 12.1 Å². The van der Waals surface area contributed by atoms with Crippen molar-refractivity contribution in [3.63, 3.8) is 0 Å². The number of rotatable bonds is 3. The lowest BCUT2D eigenvalue weighted by atomic mass is 9.96. The van der Waals surface area contributed by atoms with E-state index in [1.807, 2.05) is 0 Å². The number of non-ortho nitro benzene ring substituents is 1. The van der Waals surface area contributed by atoms with Crippen LogP contribution in [0.1, 0.15) is 12.7 Å². The van der Waals surface area contributed by atoms with Gasteiger partial charge in [0.15, 0.2) is 0 Å². The molecule has 0 unspecified atom stereocenters. The minimum atomic E-state index is -0.765. The molecule has 0 atom stereocenters. The Morgan fingerprint density at radius 2 is 2.00 bits per heavy atom. The molecular formula is C18H11N3O6. The van der Waals surface area contributed by atoms with Crippen molar-refractivity contribution in [3.8, 4) is 23.1 Å². The molecule has 0 spiro atoms. The molecule has 0 saturated heterocycles. The first kappa shape index (κ1) is 17.6. The molecule has 9 heteroatoms. The number of carbonyl (C=O) groups excluding carboxylic acids is 2. The Bertz CT molecular complexity index is 1100. The smallest absolute Gasteiger partial charge is 0.270 e. The van der Waals surface area contributed by atoms with Crippen LogP contribution in [-0.2, 0) is 9.59 Å². The van der Waals surface area contributed by atoms with E-state index < -0.39 is 16.7 Å². The highest BCUT2D eigenvalue weighted by Crippen LogP contribution is 2.34. The highest BCUT2D eigenvalue weighted by molar-refractivity contribution is 6.19. The number of phenolic OH excluding ortho intramolecular Hbond substituents is 1. The number of nitriles is 1. The van der Waals surface area contributed by atoms with E-state index in [2.05, 4.69) is 5.32 Å². The van der Waals surface area contributed by atoms with Crippen LogP contribution in [0.25, 0.3) is 17.4 Å². The van der Waals surface area contributed by atoms with Crippen molar-refractivity contribution in [2.24, 2.45) is 0 Å². The second-order valence-electron chi connectivity index (χ2n) is 5.61. The van der Waals surface area contributed by atoms with Crippen LogP contribution in [0.2, 0.25) is 0 Å². The number of hydrogen-bond acceptors (Lipinski definition) is 7. The zero-order valence-corrected chi connectivity index (χ0v) is 13.8. The largest absolute Gasteiger partial charge is 0.507 e. The van der Waals surface area contributed by atoms with Crippen molar-refractivity contribution in [2.45, 2.75) is 6.92 Å². The molecule has 134 valence electrons. The maximum Gasteiger partial charge on any atom is 0.270 e. The van der Waals surface area contributed by atoms with E-state index in [-0.39, 0.29) is 45.2 Å². The number of amides is 2. The lowest BCUT2D eigenvalue weighted by molar-refractivity contribution is -0.384. The van der Waals surface area contributed by atoms with Gasteiger partial charge in [-0.2, -0.15) is 5.26 Å². The Kier molecular flexibility index (Phi) is 4.31. The maximum absolute atomic E-state index is 12.0. The molecule has 1 aliphatic heterocycles. The number of carbonyl (C=O) groups is 2. The summed E-state index contributed by atoms with van der Waals surface area (Å²) in [6, 6.07) is 8.21. The van der Waals surface area contributed by atoms with E-state index in [4.69, 9.17) is 9.68 Å². The highest BCUT2D eigenvalue weighted by Gasteiger charge is 2.27. The number of phenols is 1. The van der Waals surface area contributed by atoms with E-state index in [0.29, 0.717) is 0 Å². The molecule has 2 amide bonds. The molecule has 0 radical (unpaired) electrons. The fraction of sp³-hybridized carbons (Fsp3) is 0.0556. The normalized spacial score (nSPS) is 15.6. The van der Waals surface area contributed by atoms with Gasteiger partial charge in [0.1, 0.15) is 28.9 Å². The third kappa shape index (κ3) is 3.19. The van der Waals surface area contributed by atoms with Crippen molar-refractivity contribution < 1.29 is 24.0 Å². The number of nitro groups is 1. The first-order valence-electron chi connectivity index (χ1n) is 7.58. The zero-order chi connectivity index (χ0) is 19.7. The van der Waals surface area contributed by atoms with Gasteiger partial charge in [0, 0.05) is 17.7 Å². The van der Waals surface area contributed by atoms with E-state index >= 15 is 0 Å². The van der Waals surface area contributed by atoms with Crippen molar-refractivity contribution in [1.82, 2.24) is 5.32 Å². The fourth-order valence-corrected chi connectivity index (χ4v) is 2.57. The van der Waals surface area contributed by atoms with Gasteiger partial charge in [-0.15, -0.1) is 0 Å². The molecule has 0 saturated carbocycles. The van der Waals surface area contributed by atoms with Crippen LogP contribution in [0.5, 0.6) is 5.75 Å². The summed E-state index contributed by atoms with van der Waals surface area (Å²) in [4.78, 5) is 33.9. The minimum Gasteiger partial charge on any atom is -0.507 e. The number of hydrogen-bond donors (Lipinski definition) is 2. The summed E-state index contributed by atoms with van der Waals surface area (Å²) in [5, 5.41) is 31.9. The van der Waals surface area contributed by atoms with Gasteiger partial charge in [-0.1, -0.05) is 0 Å². The van der Waals surface area contributed by atoms with Gasteiger partial charge in [-0.05, 0) is 36.8 Å². The summed E-state index contributed by atoms with van der Waals surface area (Å²) >= 11 is 0. The van der Waals surface area contributed by atoms with Crippen LogP contribution in [-0.4, -0.2) is 21.8 Å². The highest BCUT2D eigenvalue weighted by atomic mass is 16.6. The molecule has 0 aliphatic carbocycles. The molecule has 3 rings (SSSR count). The lowest BCUT2D eigenvalue weighted by Gasteiger charge is -2.15. The first-order valence-corrected chi connectivity index (χ1v) is 7.58. The van der Waals surface area contributed by atoms with E-state index in [1.54, 1.807) is 6.07 Å². The Morgan fingerprint density at radius 1 is 1.26 bits per heavy atom. The lowest BCUT2D eigenvalue weighted by Crippen LogP contribution is -2.37. The SMILES string of the molecule is CC1=C(C#N)C(=O)NC(=O)C1=Cc1ccc(-c2cc([N+](=O)[O-])ccc2O)o1. The van der Waals surface area contributed by atoms with Crippen LogP contribution >= 0.6 is 0 Å². The van der Waals surface area contributed by atoms with Crippen LogP contribution in [0.4, 0.5) is 5.69 Å². The number of imide groups is 1. The monoisotopic (exact) mass is 365 g/mol. The third-order valence-electron chi connectivity index (χ3n) is 3.96. The number of nitrogens with zero attached hydrogens (tertiary/aromatic N) is 2. The molecule has 2 N–H and O–H groups in total. The number of benzene rings is 1. The predicted molar refractivity (Wildman–Crippen MR) is 91.9 cm³/mol. The molecular weight excluding hydrogens is 354 g/mol. The Morgan fingerprint density at radius 3 is 2.67 bits per heavy atom. The van der Waals surface area contributed by atoms with Gasteiger partial charge in [-0.25, -0.2) is 0 Å². The molecule has 0 fully saturated rings. The van der Waals surface area contributed by atoms with Gasteiger partial charge in [-0.3, -0.25) is 25.0 Å². The number of nitrogens with one attached hydrogen (secondary N) is 1. The maximum atomic E-state index is 12.0. The fourth-order valence-electron chi connectivity index (χ4n) is 2.57. The van der Waals surface area contributed by atoms with E-state index in [9.17, 15) is 24.8 Å². The number of aromatic hydroxyl groups is 1. The van der Waals surface area contributed by atoms with Gasteiger partial charge in [0.25, 0.3) is 17.5 Å². The molecule has 9 nitrogen and oxygen atoms in total. The van der Waals surface area contributed by atoms with Crippen molar-refractivity contribution in [2.75, 3.05) is 0 Å². The summed E-state index contributed by atoms with van der Waals surface area (Å²) in [5.41, 5.74) is 0.00508. The molecule has 2 aromatic rings. The van der Waals surface area contributed by atoms with Gasteiger partial charge < -0.3 is 9.52 Å². The Balaban J connectivity index is 2.04. The summed E-state index contributed by atoms with van der Waals surface area (Å²) in [6.45, 7) is 1.47. The van der Waals surface area contributed by atoms with E-state index in [1.165, 1.54) is 31.2 Å². The average Bonchev–Trinajstić information content (AvgIpc) is 3.07. The van der Waals surface area contributed by atoms with Gasteiger partial charge in [0.2, 0.25) is 0 Å². The first-order chi connectivity index (χ1) is 12.8. The standard InChI is InChI=1S/C18H11N3O6/c1-9-12(17(23)20-18(24)14(9)8-19)7-11-3-5-16(27-11)13-6-10(21(25)26)2-4-15(13)22/h2-7,22H,1H3,(H,20,23,24). The van der Waals surface area contributed by atoms with Crippen molar-refractivity contribution in [1.29, 1.82) is 5.26 Å². The van der Waals surface area contributed by atoms with Gasteiger partial charge >= 0.3 is 0 Å². The summed E-state index contributed by atoms with van der Waals surface area (Å²) in [6.07, 6.45) is 1.34. The summed E-state index contributed by atoms with van der Waals surface area (Å²) in [5.74, 6) is -1.30. The summed E-state index contributed by atoms with van der Waals surface area (Å²) < 4.78 is 5.55. The average molecular weight is 365 g/mol. The molecule has 27 heavy (non-hydrogen) atoms. The second kappa shape index (κ2) is 6.61. The zero-order valence-electron chi connectivity index (χ0n) is 13.8. The molecule has 1 aromatic carbocycles. The van der Waals surface area contributed by atoms with Crippen LogP contribution in [0, 0.1) is 21.4 Å². The molecule has 1 aromatic heterocycles. The van der Waals surface area contributed by atoms with Crippen molar-refractivity contribution >= 4 is 23.6 Å². The Labute approximate surface area is 152 Å². The topological polar surface area (TPSA) is 146 Å². The quantitative estimate of drug-likeness (QED) is 0.367. The van der Waals surface area contributed by atoms with Crippen LogP contribution < -0.4 is 5.32 Å². The predicted octanol–water partition coefficient (Wildman–Crippen LogP) is 2.44. The third-order valence-corrected chi connectivity index (χ3v) is 3.96. The molecule has 0 bridgehead atoms. The second-order valence-corrected chi connectivity index (χ2v) is 5.61. The van der Waals surface area contributed by atoms with Crippen molar-refractivity contribution in [3.05, 3.63) is 62.9 Å². The van der Waals surface area contributed by atoms with Gasteiger partial charge in [0.05, 0.1) is 10.5 Å². The molecule has 2 heterocycles. The number of nitro benzene ring substituents is 1. The van der Waals surface area contributed by atoms with Crippen LogP contribution in [0.3, 0.4) is 0 Å². The molecule has 1 aliphatic rings. The van der Waals surface area contributed by atoms with Crippen LogP contribution in [0.15, 0.2) is 51.5 Å². The summed E-state index contributed by atoms with van der Waals surface area (Å²) in [7, 11) is 0. The Hall–Kier alpha value is -4.19.